The van der Waals surface area contributed by atoms with E-state index in [-0.39, 0.29) is 4.90 Å². The molecule has 0 amide bonds. The van der Waals surface area contributed by atoms with Crippen LogP contribution in [0.5, 0.6) is 0 Å². The van der Waals surface area contributed by atoms with Gasteiger partial charge in [-0.05, 0) is 22.2 Å². The Morgan fingerprint density at radius 1 is 0.789 bits per heavy atom. The molecule has 96 valence electrons. The Kier molecular flexibility index (Phi) is 2.77. The van der Waals surface area contributed by atoms with Gasteiger partial charge in [0.25, 0.3) is 10.1 Å². The second-order valence-corrected chi connectivity index (χ2v) is 5.94. The fraction of sp³-hybridized carbons (Fsp3) is 0.0667. The highest BCUT2D eigenvalue weighted by Crippen LogP contribution is 2.30. The van der Waals surface area contributed by atoms with Gasteiger partial charge >= 0.3 is 0 Å². The van der Waals surface area contributed by atoms with Gasteiger partial charge in [-0.3, -0.25) is 4.18 Å². The molecular formula is C15H12O3S. The summed E-state index contributed by atoms with van der Waals surface area (Å²) in [5, 5.41) is 3.72. The molecule has 3 rings (SSSR count). The molecule has 3 aromatic rings. The highest BCUT2D eigenvalue weighted by atomic mass is 32.2. The second kappa shape index (κ2) is 4.33. The van der Waals surface area contributed by atoms with Crippen molar-refractivity contribution in [2.45, 2.75) is 4.90 Å². The van der Waals surface area contributed by atoms with Crippen LogP contribution in [-0.2, 0) is 14.3 Å². The first kappa shape index (κ1) is 12.1. The second-order valence-electron chi connectivity index (χ2n) is 4.26. The highest BCUT2D eigenvalue weighted by Gasteiger charge is 2.16. The fourth-order valence-electron chi connectivity index (χ4n) is 2.32. The van der Waals surface area contributed by atoms with E-state index in [1.165, 1.54) is 7.11 Å². The van der Waals surface area contributed by atoms with E-state index in [9.17, 15) is 8.42 Å². The molecular weight excluding hydrogens is 260 g/mol. The lowest BCUT2D eigenvalue weighted by atomic mass is 10.0. The molecule has 0 fully saturated rings. The predicted octanol–water partition coefficient (Wildman–Crippen LogP) is 3.33. The molecule has 0 aromatic heterocycles. The Morgan fingerprint density at radius 3 is 2.32 bits per heavy atom. The average molecular weight is 272 g/mol. The maximum absolute atomic E-state index is 11.9. The van der Waals surface area contributed by atoms with E-state index < -0.39 is 10.1 Å². The van der Waals surface area contributed by atoms with Crippen LogP contribution >= 0.6 is 0 Å². The molecule has 0 saturated carbocycles. The first-order valence-electron chi connectivity index (χ1n) is 5.84. The van der Waals surface area contributed by atoms with Gasteiger partial charge in [0.2, 0.25) is 0 Å². The zero-order valence-corrected chi connectivity index (χ0v) is 11.1. The van der Waals surface area contributed by atoms with Crippen molar-refractivity contribution in [2.75, 3.05) is 7.11 Å². The molecule has 4 heteroatoms. The largest absolute Gasteiger partial charge is 0.297 e. The lowest BCUT2D eigenvalue weighted by molar-refractivity contribution is 0.398. The lowest BCUT2D eigenvalue weighted by Gasteiger charge is -2.08. The first-order chi connectivity index (χ1) is 9.13. The van der Waals surface area contributed by atoms with Gasteiger partial charge in [0.15, 0.2) is 0 Å². The number of fused-ring (bicyclic) bond motifs is 3. The van der Waals surface area contributed by atoms with Crippen LogP contribution in [0.15, 0.2) is 59.5 Å². The zero-order chi connectivity index (χ0) is 13.5. The Bertz CT molecular complexity index is 867. The highest BCUT2D eigenvalue weighted by molar-refractivity contribution is 7.87. The summed E-state index contributed by atoms with van der Waals surface area (Å²) in [7, 11) is -2.52. The molecule has 0 N–H and O–H groups in total. The van der Waals surface area contributed by atoms with Crippen LogP contribution in [0.25, 0.3) is 21.5 Å². The Labute approximate surface area is 111 Å². The molecule has 0 atom stereocenters. The average Bonchev–Trinajstić information content (AvgIpc) is 2.46. The van der Waals surface area contributed by atoms with E-state index in [2.05, 4.69) is 4.18 Å². The summed E-state index contributed by atoms with van der Waals surface area (Å²) in [4.78, 5) is 0.207. The quantitative estimate of drug-likeness (QED) is 0.531. The molecule has 19 heavy (non-hydrogen) atoms. The van der Waals surface area contributed by atoms with Gasteiger partial charge in [-0.1, -0.05) is 48.5 Å². The maximum Gasteiger partial charge on any atom is 0.297 e. The van der Waals surface area contributed by atoms with E-state index in [1.54, 1.807) is 12.1 Å². The molecule has 0 spiro atoms. The zero-order valence-electron chi connectivity index (χ0n) is 10.3. The van der Waals surface area contributed by atoms with Crippen molar-refractivity contribution in [1.82, 2.24) is 0 Å². The van der Waals surface area contributed by atoms with Gasteiger partial charge in [0.1, 0.15) is 4.90 Å². The molecule has 0 aliphatic carbocycles. The smallest absolute Gasteiger partial charge is 0.270 e. The number of hydrogen-bond donors (Lipinski definition) is 0. The van der Waals surface area contributed by atoms with E-state index >= 15 is 0 Å². The van der Waals surface area contributed by atoms with Crippen molar-refractivity contribution in [1.29, 1.82) is 0 Å². The summed E-state index contributed by atoms with van der Waals surface area (Å²) < 4.78 is 28.5. The summed E-state index contributed by atoms with van der Waals surface area (Å²) in [6.45, 7) is 0. The van der Waals surface area contributed by atoms with Gasteiger partial charge in [0.05, 0.1) is 7.11 Å². The SMILES string of the molecule is COS(=O)(=O)c1cccc2c1ccc1ccccc12. The van der Waals surface area contributed by atoms with Gasteiger partial charge < -0.3 is 0 Å². The van der Waals surface area contributed by atoms with Crippen molar-refractivity contribution in [3.63, 3.8) is 0 Å². The number of rotatable bonds is 2. The normalized spacial score (nSPS) is 12.1. The van der Waals surface area contributed by atoms with Crippen molar-refractivity contribution >= 4 is 31.7 Å². The van der Waals surface area contributed by atoms with Gasteiger partial charge in [-0.15, -0.1) is 0 Å². The molecule has 0 heterocycles. The summed E-state index contributed by atoms with van der Waals surface area (Å²) in [6, 6.07) is 16.9. The van der Waals surface area contributed by atoms with Gasteiger partial charge in [-0.2, -0.15) is 8.42 Å². The van der Waals surface area contributed by atoms with Crippen molar-refractivity contribution in [3.8, 4) is 0 Å². The fourth-order valence-corrected chi connectivity index (χ4v) is 3.19. The van der Waals surface area contributed by atoms with Crippen LogP contribution in [0, 0.1) is 0 Å². The topological polar surface area (TPSA) is 43.4 Å². The van der Waals surface area contributed by atoms with Gasteiger partial charge in [0, 0.05) is 5.39 Å². The maximum atomic E-state index is 11.9. The summed E-state index contributed by atoms with van der Waals surface area (Å²) in [6.07, 6.45) is 0. The Morgan fingerprint density at radius 2 is 1.53 bits per heavy atom. The molecule has 0 radical (unpaired) electrons. The molecule has 0 bridgehead atoms. The van der Waals surface area contributed by atoms with E-state index in [0.29, 0.717) is 5.39 Å². The van der Waals surface area contributed by atoms with Crippen molar-refractivity contribution < 1.29 is 12.6 Å². The monoisotopic (exact) mass is 272 g/mol. The van der Waals surface area contributed by atoms with Crippen LogP contribution in [-0.4, -0.2) is 15.5 Å². The molecule has 3 nitrogen and oxygen atoms in total. The van der Waals surface area contributed by atoms with Crippen LogP contribution in [0.4, 0.5) is 0 Å². The molecule has 0 aliphatic rings. The van der Waals surface area contributed by atoms with E-state index in [4.69, 9.17) is 0 Å². The van der Waals surface area contributed by atoms with Crippen LogP contribution in [0.3, 0.4) is 0 Å². The van der Waals surface area contributed by atoms with E-state index in [0.717, 1.165) is 16.2 Å². The van der Waals surface area contributed by atoms with Crippen molar-refractivity contribution in [3.05, 3.63) is 54.6 Å². The van der Waals surface area contributed by atoms with Crippen LogP contribution in [0.1, 0.15) is 0 Å². The first-order valence-corrected chi connectivity index (χ1v) is 7.25. The number of hydrogen-bond acceptors (Lipinski definition) is 3. The third kappa shape index (κ3) is 1.89. The van der Waals surface area contributed by atoms with Crippen LogP contribution in [0.2, 0.25) is 0 Å². The standard InChI is InChI=1S/C15H12O3S/c1-18-19(16,17)15-8-4-7-13-12-6-3-2-5-11(12)9-10-14(13)15/h2-10H,1H3. The van der Waals surface area contributed by atoms with Crippen molar-refractivity contribution in [2.24, 2.45) is 0 Å². The lowest BCUT2D eigenvalue weighted by Crippen LogP contribution is -2.03. The molecule has 3 aromatic carbocycles. The van der Waals surface area contributed by atoms with E-state index in [1.807, 2.05) is 42.5 Å². The van der Waals surface area contributed by atoms with Crippen LogP contribution < -0.4 is 0 Å². The third-order valence-electron chi connectivity index (χ3n) is 3.24. The number of benzene rings is 3. The minimum absolute atomic E-state index is 0.207. The molecule has 0 aliphatic heterocycles. The van der Waals surface area contributed by atoms with Gasteiger partial charge in [-0.25, -0.2) is 0 Å². The minimum Gasteiger partial charge on any atom is -0.270 e. The Hall–Kier alpha value is -1.91. The summed E-state index contributed by atoms with van der Waals surface area (Å²) in [5.41, 5.74) is 0. The Balaban J connectivity index is 2.49. The summed E-state index contributed by atoms with van der Waals surface area (Å²) >= 11 is 0. The summed E-state index contributed by atoms with van der Waals surface area (Å²) in [5.74, 6) is 0. The predicted molar refractivity (Wildman–Crippen MR) is 75.6 cm³/mol. The third-order valence-corrected chi connectivity index (χ3v) is 4.57. The molecule has 0 saturated heterocycles. The minimum atomic E-state index is -3.69. The molecule has 0 unspecified atom stereocenters.